The Kier molecular flexibility index (Phi) is 5.78. The number of anilines is 1. The summed E-state index contributed by atoms with van der Waals surface area (Å²) < 4.78 is 30.9. The zero-order chi connectivity index (χ0) is 18.4. The Hall–Kier alpha value is -3.29. The third kappa shape index (κ3) is 4.84. The molecule has 2 aromatic carbocycles. The quantitative estimate of drug-likeness (QED) is 0.811. The van der Waals surface area contributed by atoms with Crippen molar-refractivity contribution < 1.29 is 27.9 Å². The van der Waals surface area contributed by atoms with Crippen molar-refractivity contribution in [1.29, 1.82) is 0 Å². The lowest BCUT2D eigenvalue weighted by Gasteiger charge is -2.08. The van der Waals surface area contributed by atoms with Gasteiger partial charge in [0.15, 0.2) is 6.61 Å². The Labute approximate surface area is 141 Å². The second-order valence-electron chi connectivity index (χ2n) is 4.90. The molecule has 130 valence electrons. The largest absolute Gasteiger partial charge is 0.452 e. The number of rotatable bonds is 5. The first-order chi connectivity index (χ1) is 11.9. The number of hydrogen-bond donors (Lipinski definition) is 2. The van der Waals surface area contributed by atoms with Gasteiger partial charge in [-0.05, 0) is 36.4 Å². The van der Waals surface area contributed by atoms with Crippen LogP contribution in [0.3, 0.4) is 0 Å². The normalized spacial score (nSPS) is 10.0. The van der Waals surface area contributed by atoms with E-state index in [1.165, 1.54) is 31.3 Å². The SMILES string of the molecule is CNC(=O)c1ccc(NC(=O)COC(=O)c2ccc(F)cc2F)cc1. The zero-order valence-electron chi connectivity index (χ0n) is 13.1. The third-order valence-electron chi connectivity index (χ3n) is 3.14. The highest BCUT2D eigenvalue weighted by molar-refractivity contribution is 5.97. The molecule has 0 spiro atoms. The van der Waals surface area contributed by atoms with Crippen LogP contribution in [0.15, 0.2) is 42.5 Å². The summed E-state index contributed by atoms with van der Waals surface area (Å²) in [5.74, 6) is -3.90. The van der Waals surface area contributed by atoms with Crippen LogP contribution in [0.5, 0.6) is 0 Å². The van der Waals surface area contributed by atoms with Crippen LogP contribution < -0.4 is 10.6 Å². The number of hydrogen-bond acceptors (Lipinski definition) is 4. The average molecular weight is 348 g/mol. The van der Waals surface area contributed by atoms with E-state index >= 15 is 0 Å². The summed E-state index contributed by atoms with van der Waals surface area (Å²) in [5, 5.41) is 4.91. The van der Waals surface area contributed by atoms with E-state index < -0.39 is 35.7 Å². The maximum Gasteiger partial charge on any atom is 0.341 e. The maximum atomic E-state index is 13.4. The first kappa shape index (κ1) is 18.1. The molecule has 0 aliphatic carbocycles. The van der Waals surface area contributed by atoms with Crippen molar-refractivity contribution in [2.24, 2.45) is 0 Å². The van der Waals surface area contributed by atoms with Crippen LogP contribution in [0.25, 0.3) is 0 Å². The first-order valence-electron chi connectivity index (χ1n) is 7.15. The van der Waals surface area contributed by atoms with Gasteiger partial charge in [-0.2, -0.15) is 0 Å². The van der Waals surface area contributed by atoms with Gasteiger partial charge in [-0.25, -0.2) is 13.6 Å². The second-order valence-corrected chi connectivity index (χ2v) is 4.90. The molecule has 2 aromatic rings. The van der Waals surface area contributed by atoms with Crippen LogP contribution in [0.2, 0.25) is 0 Å². The molecule has 0 heterocycles. The predicted octanol–water partition coefficient (Wildman–Crippen LogP) is 2.12. The van der Waals surface area contributed by atoms with Gasteiger partial charge in [-0.15, -0.1) is 0 Å². The van der Waals surface area contributed by atoms with Gasteiger partial charge >= 0.3 is 5.97 Å². The Bertz CT molecular complexity index is 807. The van der Waals surface area contributed by atoms with Crippen molar-refractivity contribution in [2.75, 3.05) is 19.0 Å². The van der Waals surface area contributed by atoms with Crippen molar-refractivity contribution in [3.05, 3.63) is 65.2 Å². The third-order valence-corrected chi connectivity index (χ3v) is 3.14. The average Bonchev–Trinajstić information content (AvgIpc) is 2.59. The number of benzene rings is 2. The highest BCUT2D eigenvalue weighted by Gasteiger charge is 2.15. The van der Waals surface area contributed by atoms with Crippen molar-refractivity contribution >= 4 is 23.5 Å². The minimum atomic E-state index is -1.08. The van der Waals surface area contributed by atoms with E-state index in [1.807, 2.05) is 0 Å². The van der Waals surface area contributed by atoms with Crippen LogP contribution in [0, 0.1) is 11.6 Å². The summed E-state index contributed by atoms with van der Waals surface area (Å²) in [6, 6.07) is 8.41. The van der Waals surface area contributed by atoms with Gasteiger partial charge in [0, 0.05) is 24.4 Å². The highest BCUT2D eigenvalue weighted by Crippen LogP contribution is 2.12. The molecule has 0 fully saturated rings. The van der Waals surface area contributed by atoms with Crippen molar-refractivity contribution in [3.63, 3.8) is 0 Å². The molecule has 0 aliphatic rings. The molecular weight excluding hydrogens is 334 g/mol. The van der Waals surface area contributed by atoms with Crippen molar-refractivity contribution in [2.45, 2.75) is 0 Å². The number of carbonyl (C=O) groups is 3. The van der Waals surface area contributed by atoms with E-state index in [1.54, 1.807) is 0 Å². The number of ether oxygens (including phenoxy) is 1. The summed E-state index contributed by atoms with van der Waals surface area (Å²) in [7, 11) is 1.50. The van der Waals surface area contributed by atoms with Gasteiger partial charge in [0.2, 0.25) is 0 Å². The molecule has 2 amide bonds. The smallest absolute Gasteiger partial charge is 0.341 e. The summed E-state index contributed by atoms with van der Waals surface area (Å²) in [6.45, 7) is -0.646. The van der Waals surface area contributed by atoms with Crippen molar-refractivity contribution in [3.8, 4) is 0 Å². The first-order valence-corrected chi connectivity index (χ1v) is 7.15. The fourth-order valence-electron chi connectivity index (χ4n) is 1.91. The molecule has 25 heavy (non-hydrogen) atoms. The van der Waals surface area contributed by atoms with E-state index in [-0.39, 0.29) is 5.91 Å². The lowest BCUT2D eigenvalue weighted by Crippen LogP contribution is -2.21. The highest BCUT2D eigenvalue weighted by atomic mass is 19.1. The zero-order valence-corrected chi connectivity index (χ0v) is 13.1. The molecule has 0 saturated carbocycles. The van der Waals surface area contributed by atoms with Crippen LogP contribution in [-0.4, -0.2) is 31.4 Å². The molecule has 8 heteroatoms. The number of nitrogens with one attached hydrogen (secondary N) is 2. The number of halogens is 2. The van der Waals surface area contributed by atoms with Crippen LogP contribution in [-0.2, 0) is 9.53 Å². The summed E-state index contributed by atoms with van der Waals surface area (Å²) in [6.07, 6.45) is 0. The van der Waals surface area contributed by atoms with Gasteiger partial charge in [0.1, 0.15) is 11.6 Å². The maximum absolute atomic E-state index is 13.4. The van der Waals surface area contributed by atoms with E-state index in [4.69, 9.17) is 0 Å². The van der Waals surface area contributed by atoms with Gasteiger partial charge in [-0.3, -0.25) is 9.59 Å². The molecule has 0 bridgehead atoms. The second kappa shape index (κ2) is 8.00. The number of carbonyl (C=O) groups excluding carboxylic acids is 3. The van der Waals surface area contributed by atoms with Crippen LogP contribution in [0.4, 0.5) is 14.5 Å². The molecule has 0 unspecified atom stereocenters. The van der Waals surface area contributed by atoms with E-state index in [2.05, 4.69) is 15.4 Å². The molecule has 2 rings (SSSR count). The van der Waals surface area contributed by atoms with E-state index in [9.17, 15) is 23.2 Å². The van der Waals surface area contributed by atoms with Crippen molar-refractivity contribution in [1.82, 2.24) is 5.32 Å². The molecule has 0 aromatic heterocycles. The molecule has 0 aliphatic heterocycles. The van der Waals surface area contributed by atoms with Crippen LogP contribution >= 0.6 is 0 Å². The lowest BCUT2D eigenvalue weighted by atomic mass is 10.2. The Morgan fingerprint density at radius 2 is 1.72 bits per heavy atom. The fraction of sp³-hybridized carbons (Fsp3) is 0.118. The Morgan fingerprint density at radius 3 is 2.32 bits per heavy atom. The minimum Gasteiger partial charge on any atom is -0.452 e. The molecule has 0 atom stereocenters. The summed E-state index contributed by atoms with van der Waals surface area (Å²) in [4.78, 5) is 34.8. The molecule has 0 radical (unpaired) electrons. The van der Waals surface area contributed by atoms with Gasteiger partial charge in [0.25, 0.3) is 11.8 Å². The minimum absolute atomic E-state index is 0.270. The molecule has 6 nitrogen and oxygen atoms in total. The summed E-state index contributed by atoms with van der Waals surface area (Å²) in [5.41, 5.74) is 0.338. The van der Waals surface area contributed by atoms with Gasteiger partial charge in [0.05, 0.1) is 5.56 Å². The lowest BCUT2D eigenvalue weighted by molar-refractivity contribution is -0.119. The monoisotopic (exact) mass is 348 g/mol. The fourth-order valence-corrected chi connectivity index (χ4v) is 1.91. The molecule has 2 N–H and O–H groups in total. The van der Waals surface area contributed by atoms with Gasteiger partial charge in [-0.1, -0.05) is 0 Å². The standard InChI is InChI=1S/C17H14F2N2O4/c1-20-16(23)10-2-5-12(6-3-10)21-15(22)9-25-17(24)13-7-4-11(18)8-14(13)19/h2-8H,9H2,1H3,(H,20,23)(H,21,22). The number of esters is 1. The van der Waals surface area contributed by atoms with E-state index in [0.29, 0.717) is 17.3 Å². The van der Waals surface area contributed by atoms with Gasteiger partial charge < -0.3 is 15.4 Å². The predicted molar refractivity (Wildman–Crippen MR) is 85.1 cm³/mol. The topological polar surface area (TPSA) is 84.5 Å². The molecule has 0 saturated heterocycles. The Morgan fingerprint density at radius 1 is 1.04 bits per heavy atom. The summed E-state index contributed by atoms with van der Waals surface area (Å²) >= 11 is 0. The van der Waals surface area contributed by atoms with Crippen LogP contribution in [0.1, 0.15) is 20.7 Å². The number of amides is 2. The Balaban J connectivity index is 1.90. The molecular formula is C17H14F2N2O4. The van der Waals surface area contributed by atoms with E-state index in [0.717, 1.165) is 12.1 Å².